The second kappa shape index (κ2) is 1.03. The van der Waals surface area contributed by atoms with Gasteiger partial charge < -0.3 is 4.74 Å². The van der Waals surface area contributed by atoms with E-state index in [0.717, 1.165) is 0 Å². The second-order valence-electron chi connectivity index (χ2n) is 2.51. The summed E-state index contributed by atoms with van der Waals surface area (Å²) in [4.78, 5) is 0. The molecule has 0 aromatic carbocycles. The molecule has 0 aromatic rings. The van der Waals surface area contributed by atoms with Crippen LogP contribution in [0.15, 0.2) is 0 Å². The standard InChI is InChI=1S/C6H9O/c1-2-6(3-4-6)7-5-1/h5H,1-4H2. The topological polar surface area (TPSA) is 9.23 Å². The maximum atomic E-state index is 5.33. The van der Waals surface area contributed by atoms with E-state index in [1.54, 1.807) is 0 Å². The summed E-state index contributed by atoms with van der Waals surface area (Å²) in [5, 5.41) is 0. The second-order valence-corrected chi connectivity index (χ2v) is 2.51. The van der Waals surface area contributed by atoms with Gasteiger partial charge in [-0.15, -0.1) is 0 Å². The molecule has 2 rings (SSSR count). The van der Waals surface area contributed by atoms with Gasteiger partial charge in [-0.2, -0.15) is 0 Å². The van der Waals surface area contributed by atoms with Crippen molar-refractivity contribution in [1.82, 2.24) is 0 Å². The molecule has 7 heavy (non-hydrogen) atoms. The summed E-state index contributed by atoms with van der Waals surface area (Å²) in [5.74, 6) is 0. The van der Waals surface area contributed by atoms with Crippen LogP contribution in [0, 0.1) is 6.61 Å². The van der Waals surface area contributed by atoms with Gasteiger partial charge in [0, 0.05) is 0 Å². The molecule has 0 N–H and O–H groups in total. The SMILES string of the molecule is [CH]1CCC2(CC2)O1. The molecular weight excluding hydrogens is 88.1 g/mol. The van der Waals surface area contributed by atoms with E-state index in [2.05, 4.69) is 0 Å². The lowest BCUT2D eigenvalue weighted by Gasteiger charge is -1.99. The monoisotopic (exact) mass is 97.1 g/mol. The van der Waals surface area contributed by atoms with Crippen molar-refractivity contribution in [3.05, 3.63) is 6.61 Å². The van der Waals surface area contributed by atoms with Gasteiger partial charge in [0.15, 0.2) is 0 Å². The lowest BCUT2D eigenvalue weighted by molar-refractivity contribution is 0.132. The van der Waals surface area contributed by atoms with Gasteiger partial charge >= 0.3 is 0 Å². The van der Waals surface area contributed by atoms with E-state index >= 15 is 0 Å². The van der Waals surface area contributed by atoms with Crippen LogP contribution in [-0.4, -0.2) is 5.60 Å². The van der Waals surface area contributed by atoms with Crippen LogP contribution in [0.5, 0.6) is 0 Å². The highest BCUT2D eigenvalue weighted by atomic mass is 16.5. The first kappa shape index (κ1) is 3.90. The molecule has 2 aliphatic rings. The van der Waals surface area contributed by atoms with Crippen molar-refractivity contribution >= 4 is 0 Å². The lowest BCUT2D eigenvalue weighted by atomic mass is 10.2. The fourth-order valence-corrected chi connectivity index (χ4v) is 1.12. The Morgan fingerprint density at radius 3 is 2.43 bits per heavy atom. The van der Waals surface area contributed by atoms with Crippen molar-refractivity contribution in [2.75, 3.05) is 0 Å². The van der Waals surface area contributed by atoms with Crippen molar-refractivity contribution in [1.29, 1.82) is 0 Å². The van der Waals surface area contributed by atoms with Crippen LogP contribution in [0.2, 0.25) is 0 Å². The quantitative estimate of drug-likeness (QED) is 0.445. The Morgan fingerprint density at radius 1 is 1.29 bits per heavy atom. The first-order valence-electron chi connectivity index (χ1n) is 2.91. The maximum absolute atomic E-state index is 5.33. The first-order valence-corrected chi connectivity index (χ1v) is 2.91. The van der Waals surface area contributed by atoms with Crippen LogP contribution in [0.25, 0.3) is 0 Å². The van der Waals surface area contributed by atoms with Gasteiger partial charge in [0.25, 0.3) is 0 Å². The summed E-state index contributed by atoms with van der Waals surface area (Å²) in [6.07, 6.45) is 5.08. The molecule has 1 heteroatoms. The van der Waals surface area contributed by atoms with Crippen molar-refractivity contribution in [3.8, 4) is 0 Å². The molecule has 1 radical (unpaired) electrons. The molecule has 39 valence electrons. The average molecular weight is 97.1 g/mol. The molecule has 1 saturated heterocycles. The minimum Gasteiger partial charge on any atom is -0.369 e. The summed E-state index contributed by atoms with van der Waals surface area (Å²) < 4.78 is 5.33. The highest BCUT2D eigenvalue weighted by Gasteiger charge is 2.46. The van der Waals surface area contributed by atoms with Crippen molar-refractivity contribution < 1.29 is 4.74 Å². The van der Waals surface area contributed by atoms with Crippen LogP contribution in [0.3, 0.4) is 0 Å². The minimum absolute atomic E-state index is 0.389. The summed E-state index contributed by atoms with van der Waals surface area (Å²) in [5.41, 5.74) is 0.389. The largest absolute Gasteiger partial charge is 0.369 e. The zero-order chi connectivity index (χ0) is 4.74. The van der Waals surface area contributed by atoms with Crippen LogP contribution >= 0.6 is 0 Å². The Bertz CT molecular complexity index is 76.2. The fourth-order valence-electron chi connectivity index (χ4n) is 1.12. The molecule has 1 aliphatic heterocycles. The summed E-state index contributed by atoms with van der Waals surface area (Å²) in [7, 11) is 0. The predicted molar refractivity (Wildman–Crippen MR) is 26.6 cm³/mol. The minimum atomic E-state index is 0.389. The highest BCUT2D eigenvalue weighted by molar-refractivity contribution is 5.00. The van der Waals surface area contributed by atoms with E-state index in [1.165, 1.54) is 25.7 Å². The molecule has 1 aliphatic carbocycles. The van der Waals surface area contributed by atoms with Crippen LogP contribution in [-0.2, 0) is 4.74 Å². The van der Waals surface area contributed by atoms with Crippen LogP contribution < -0.4 is 0 Å². The Kier molecular flexibility index (Phi) is 0.571. The van der Waals surface area contributed by atoms with Crippen LogP contribution in [0.1, 0.15) is 25.7 Å². The average Bonchev–Trinajstić information content (AvgIpc) is 2.15. The van der Waals surface area contributed by atoms with E-state index in [0.29, 0.717) is 5.60 Å². The van der Waals surface area contributed by atoms with Crippen molar-refractivity contribution in [2.45, 2.75) is 31.3 Å². The molecule has 1 nitrogen and oxygen atoms in total. The summed E-state index contributed by atoms with van der Waals surface area (Å²) in [6, 6.07) is 0. The van der Waals surface area contributed by atoms with Gasteiger partial charge in [-0.3, -0.25) is 0 Å². The predicted octanol–water partition coefficient (Wildman–Crippen LogP) is 1.49. The Morgan fingerprint density at radius 2 is 2.14 bits per heavy atom. The van der Waals surface area contributed by atoms with Gasteiger partial charge in [-0.25, -0.2) is 0 Å². The number of rotatable bonds is 0. The Labute approximate surface area is 43.7 Å². The molecule has 1 heterocycles. The van der Waals surface area contributed by atoms with E-state index in [4.69, 9.17) is 4.74 Å². The Hall–Kier alpha value is -0.0400. The lowest BCUT2D eigenvalue weighted by Crippen LogP contribution is -2.01. The third-order valence-electron chi connectivity index (χ3n) is 1.86. The number of hydrogen-bond acceptors (Lipinski definition) is 1. The van der Waals surface area contributed by atoms with Gasteiger partial charge in [0.1, 0.15) is 0 Å². The van der Waals surface area contributed by atoms with E-state index in [1.807, 2.05) is 6.61 Å². The molecule has 2 fully saturated rings. The summed E-state index contributed by atoms with van der Waals surface area (Å²) >= 11 is 0. The van der Waals surface area contributed by atoms with Gasteiger partial charge in [-0.1, -0.05) is 0 Å². The van der Waals surface area contributed by atoms with E-state index in [9.17, 15) is 0 Å². The number of hydrogen-bond donors (Lipinski definition) is 0. The number of ether oxygens (including phenoxy) is 1. The van der Waals surface area contributed by atoms with Crippen LogP contribution in [0.4, 0.5) is 0 Å². The molecule has 0 unspecified atom stereocenters. The zero-order valence-electron chi connectivity index (χ0n) is 4.31. The molecular formula is C6H9O. The normalized spacial score (nSPS) is 34.3. The maximum Gasteiger partial charge on any atom is 0.0845 e. The van der Waals surface area contributed by atoms with Gasteiger partial charge in [-0.05, 0) is 25.7 Å². The van der Waals surface area contributed by atoms with Gasteiger partial charge in [0.05, 0.1) is 12.2 Å². The Balaban J connectivity index is 2.07. The first-order chi connectivity index (χ1) is 3.41. The summed E-state index contributed by atoms with van der Waals surface area (Å²) in [6.45, 7) is 1.95. The molecule has 1 spiro atoms. The molecule has 1 saturated carbocycles. The van der Waals surface area contributed by atoms with Crippen molar-refractivity contribution in [3.63, 3.8) is 0 Å². The van der Waals surface area contributed by atoms with E-state index < -0.39 is 0 Å². The molecule has 0 amide bonds. The molecule has 0 atom stereocenters. The third-order valence-corrected chi connectivity index (χ3v) is 1.86. The van der Waals surface area contributed by atoms with E-state index in [-0.39, 0.29) is 0 Å². The fraction of sp³-hybridized carbons (Fsp3) is 0.833. The van der Waals surface area contributed by atoms with Crippen molar-refractivity contribution in [2.24, 2.45) is 0 Å². The molecule has 0 aromatic heterocycles. The molecule has 0 bridgehead atoms. The smallest absolute Gasteiger partial charge is 0.0845 e. The highest BCUT2D eigenvalue weighted by Crippen LogP contribution is 2.48. The van der Waals surface area contributed by atoms with Gasteiger partial charge in [0.2, 0.25) is 0 Å². The zero-order valence-corrected chi connectivity index (χ0v) is 4.31. The third kappa shape index (κ3) is 0.480.